The average Bonchev–Trinajstić information content (AvgIpc) is 2.99. The molecule has 8 bridgehead atoms. The molecule has 0 fully saturated rings. The summed E-state index contributed by atoms with van der Waals surface area (Å²) in [5, 5.41) is 25.6. The molecule has 9 rings (SSSR count). The van der Waals surface area contributed by atoms with Gasteiger partial charge in [0, 0.05) is 37.1 Å². The largest absolute Gasteiger partial charge is 0.507 e. The Morgan fingerprint density at radius 1 is 0.381 bits per heavy atom. The van der Waals surface area contributed by atoms with Crippen LogP contribution >= 0.6 is 0 Å². The van der Waals surface area contributed by atoms with E-state index in [2.05, 4.69) is 0 Å². The summed E-state index contributed by atoms with van der Waals surface area (Å²) >= 11 is 0. The van der Waals surface area contributed by atoms with Crippen molar-refractivity contribution < 1.29 is 57.8 Å². The van der Waals surface area contributed by atoms with Crippen LogP contribution in [0, 0.1) is 13.8 Å². The zero-order valence-electron chi connectivity index (χ0n) is 48.2. The van der Waals surface area contributed by atoms with Crippen molar-refractivity contribution in [1.82, 2.24) is 19.9 Å². The Morgan fingerprint density at radius 2 is 0.643 bits per heavy atom. The highest BCUT2D eigenvalue weighted by atomic mass is 16.5. The van der Waals surface area contributed by atoms with Gasteiger partial charge in [0.05, 0.1) is 86.3 Å². The van der Waals surface area contributed by atoms with Crippen LogP contribution in [-0.4, -0.2) is 80.5 Å². The average molecular weight is 1130 g/mol. The maximum atomic E-state index is 13.4. The number of benzene rings is 4. The summed E-state index contributed by atoms with van der Waals surface area (Å²) < 4.78 is 35.7. The van der Waals surface area contributed by atoms with Crippen molar-refractivity contribution in [2.45, 2.75) is 106 Å². The van der Waals surface area contributed by atoms with Crippen LogP contribution in [0.1, 0.15) is 117 Å². The Kier molecular flexibility index (Phi) is 19.4. The fourth-order valence-corrected chi connectivity index (χ4v) is 10.6. The van der Waals surface area contributed by atoms with Crippen LogP contribution in [0.5, 0.6) is 23.0 Å². The molecular formula is C68H68N4O12. The number of carbonyl (C=O) groups is 4. The molecule has 4 heterocycles. The Morgan fingerprint density at radius 3 is 0.917 bits per heavy atom. The third-order valence-electron chi connectivity index (χ3n) is 14.0. The van der Waals surface area contributed by atoms with Crippen LogP contribution in [0.25, 0.3) is 22.8 Å². The van der Waals surface area contributed by atoms with E-state index in [0.29, 0.717) is 112 Å². The third kappa shape index (κ3) is 15.2. The van der Waals surface area contributed by atoms with Gasteiger partial charge in [-0.15, -0.1) is 0 Å². The summed E-state index contributed by atoms with van der Waals surface area (Å²) in [7, 11) is 0. The summed E-state index contributed by atoms with van der Waals surface area (Å²) in [4.78, 5) is 72.8. The van der Waals surface area contributed by atoms with Crippen molar-refractivity contribution >= 4 is 23.9 Å². The minimum atomic E-state index is -0.470. The normalized spacial score (nSPS) is 11.8. The molecule has 16 heteroatoms. The second-order valence-corrected chi connectivity index (χ2v) is 20.6. The summed E-state index contributed by atoms with van der Waals surface area (Å²) in [5.74, 6) is -1.24. The van der Waals surface area contributed by atoms with Gasteiger partial charge in [0.15, 0.2) is 0 Å². The van der Waals surface area contributed by atoms with E-state index in [-0.39, 0.29) is 103 Å². The summed E-state index contributed by atoms with van der Waals surface area (Å²) in [6, 6.07) is 37.1. The van der Waals surface area contributed by atoms with E-state index in [1.165, 1.54) is 0 Å². The number of aromatic nitrogens is 4. The van der Waals surface area contributed by atoms with E-state index in [4.69, 9.17) is 48.4 Å². The van der Waals surface area contributed by atoms with Gasteiger partial charge in [0.25, 0.3) is 0 Å². The number of aryl methyl sites for hydroxylation is 2. The van der Waals surface area contributed by atoms with Gasteiger partial charge < -0.3 is 38.6 Å². The number of hydrogen-bond acceptors (Lipinski definition) is 16. The number of phenolic OH excluding ortho intramolecular Hbond substituents is 2. The Bertz CT molecular complexity index is 3410. The first kappa shape index (κ1) is 59.2. The van der Waals surface area contributed by atoms with Gasteiger partial charge in [0.1, 0.15) is 36.2 Å². The Hall–Kier alpha value is -9.44. The lowest BCUT2D eigenvalue weighted by atomic mass is 9.87. The van der Waals surface area contributed by atoms with Crippen LogP contribution in [0.2, 0.25) is 0 Å². The molecule has 0 saturated heterocycles. The highest BCUT2D eigenvalue weighted by Crippen LogP contribution is 2.41. The second-order valence-electron chi connectivity index (χ2n) is 20.6. The third-order valence-corrected chi connectivity index (χ3v) is 14.0. The van der Waals surface area contributed by atoms with Gasteiger partial charge in [-0.25, -0.2) is 9.97 Å². The number of nitrogens with zero attached hydrogens (tertiary/aromatic N) is 4. The SMILES string of the molecule is CCOC(=O)Cc1cc2c(O)c(c1)Cc1cc(CC(=O)OCC)cc(c1OCc1cccc(-c3cccc(C)n3)n1)Cc1cc(CC(=O)OCC)cc(c1O)Cc1cc(CC(=O)OCC)cc(c1OCc1cccc(-c3cccc(C)n3)n1)C2. The lowest BCUT2D eigenvalue weighted by Gasteiger charge is -2.23. The fraction of sp³-hybridized carbons (Fsp3) is 0.294. The van der Waals surface area contributed by atoms with Crippen molar-refractivity contribution in [3.8, 4) is 45.8 Å². The van der Waals surface area contributed by atoms with E-state index < -0.39 is 23.9 Å². The molecule has 432 valence electrons. The van der Waals surface area contributed by atoms with Crippen molar-refractivity contribution in [1.29, 1.82) is 0 Å². The smallest absolute Gasteiger partial charge is 0.310 e. The van der Waals surface area contributed by atoms with Crippen LogP contribution in [-0.2, 0) is 103 Å². The van der Waals surface area contributed by atoms with Gasteiger partial charge in [-0.3, -0.25) is 29.1 Å². The van der Waals surface area contributed by atoms with Crippen molar-refractivity contribution in [3.63, 3.8) is 0 Å². The number of carbonyl (C=O) groups excluding carboxylic acids is 4. The molecule has 1 aliphatic carbocycles. The van der Waals surface area contributed by atoms with Crippen molar-refractivity contribution in [2.24, 2.45) is 0 Å². The second kappa shape index (κ2) is 27.6. The van der Waals surface area contributed by atoms with Gasteiger partial charge >= 0.3 is 23.9 Å². The minimum Gasteiger partial charge on any atom is -0.507 e. The Balaban J connectivity index is 1.27. The molecule has 0 aliphatic heterocycles. The number of hydrogen-bond donors (Lipinski definition) is 2. The molecule has 0 spiro atoms. The molecule has 84 heavy (non-hydrogen) atoms. The van der Waals surface area contributed by atoms with Gasteiger partial charge in [0.2, 0.25) is 0 Å². The van der Waals surface area contributed by atoms with Gasteiger partial charge in [-0.1, -0.05) is 72.8 Å². The lowest BCUT2D eigenvalue weighted by Crippen LogP contribution is -2.13. The maximum absolute atomic E-state index is 13.4. The number of aromatic hydroxyl groups is 2. The molecule has 4 aromatic heterocycles. The highest BCUT2D eigenvalue weighted by Gasteiger charge is 2.26. The monoisotopic (exact) mass is 1130 g/mol. The quantitative estimate of drug-likeness (QED) is 0.0536. The van der Waals surface area contributed by atoms with E-state index in [1.807, 2.05) is 111 Å². The van der Waals surface area contributed by atoms with Crippen LogP contribution in [0.4, 0.5) is 0 Å². The number of esters is 4. The van der Waals surface area contributed by atoms with E-state index >= 15 is 0 Å². The molecule has 0 amide bonds. The number of pyridine rings is 4. The predicted molar refractivity (Wildman–Crippen MR) is 315 cm³/mol. The zero-order chi connectivity index (χ0) is 59.3. The van der Waals surface area contributed by atoms with Crippen LogP contribution < -0.4 is 9.47 Å². The molecule has 4 aromatic carbocycles. The molecule has 0 saturated carbocycles. The topological polar surface area (TPSA) is 216 Å². The highest BCUT2D eigenvalue weighted by molar-refractivity contribution is 5.76. The molecule has 0 radical (unpaired) electrons. The molecule has 0 unspecified atom stereocenters. The number of rotatable bonds is 20. The summed E-state index contributed by atoms with van der Waals surface area (Å²) in [6.07, 6.45) is -0.405. The van der Waals surface area contributed by atoms with E-state index in [1.54, 1.807) is 52.0 Å². The van der Waals surface area contributed by atoms with Gasteiger partial charge in [-0.05, 0) is 157 Å². The molecule has 1 aliphatic rings. The predicted octanol–water partition coefficient (Wildman–Crippen LogP) is 10.9. The number of ether oxygens (including phenoxy) is 6. The van der Waals surface area contributed by atoms with Gasteiger partial charge in [-0.2, -0.15) is 0 Å². The molecule has 8 aromatic rings. The minimum absolute atomic E-state index is 0.0185. The number of fused-ring (bicyclic) bond motifs is 8. The maximum Gasteiger partial charge on any atom is 0.310 e. The first-order valence-electron chi connectivity index (χ1n) is 28.3. The van der Waals surface area contributed by atoms with Crippen LogP contribution in [0.3, 0.4) is 0 Å². The standard InChI is InChI=1S/C68H68N4O12/c1-7-79-61(73)31-43-23-47-35-51-27-45(33-63(75)81-9-3)29-53(67(51)83-39-55-17-13-21-59(71-55)57-19-11-15-41(5)69-57)37-49-25-44(32-62(74)80-8-2)26-50(66(49)78)38-54-30-46(34-64(76)82-10-4)28-52(36-48(24-43)65(47)77)68(54)84-40-56-18-14-22-60(72-56)58-20-12-16-42(6)70-58/h11-30,77-78H,7-10,31-40H2,1-6H3. The Labute approximate surface area is 488 Å². The number of phenols is 2. The lowest BCUT2D eigenvalue weighted by molar-refractivity contribution is -0.143. The molecule has 16 nitrogen and oxygen atoms in total. The van der Waals surface area contributed by atoms with Crippen molar-refractivity contribution in [2.75, 3.05) is 26.4 Å². The fourth-order valence-electron chi connectivity index (χ4n) is 10.6. The first-order chi connectivity index (χ1) is 40.6. The first-order valence-corrected chi connectivity index (χ1v) is 28.3. The summed E-state index contributed by atoms with van der Waals surface area (Å²) in [6.45, 7) is 11.4. The van der Waals surface area contributed by atoms with E-state index in [0.717, 1.165) is 11.4 Å². The van der Waals surface area contributed by atoms with Crippen molar-refractivity contribution in [3.05, 3.63) is 211 Å². The van der Waals surface area contributed by atoms with E-state index in [9.17, 15) is 29.4 Å². The molecular weight excluding hydrogens is 1060 g/mol. The molecule has 2 N–H and O–H groups in total. The molecule has 0 atom stereocenters. The van der Waals surface area contributed by atoms with Crippen LogP contribution in [0.15, 0.2) is 121 Å². The zero-order valence-corrected chi connectivity index (χ0v) is 48.2. The summed E-state index contributed by atoms with van der Waals surface area (Å²) in [5.41, 5.74) is 11.7.